The standard InChI is InChI=1S/C16H25NO4S/c1-6-20-15-7-8-16(14(5)13(15)4)22(18,19)17-9-11(2)21-12(3)10-17/h7-8,11-12H,6,9-10H2,1-5H3/t11-,12-/m0/s1. The molecule has 0 unspecified atom stereocenters. The molecule has 0 amide bonds. The van der Waals surface area contributed by atoms with Crippen molar-refractivity contribution < 1.29 is 17.9 Å². The fraction of sp³-hybridized carbons (Fsp3) is 0.625. The molecule has 124 valence electrons. The normalized spacial score (nSPS) is 23.5. The Morgan fingerprint density at radius 1 is 1.18 bits per heavy atom. The van der Waals surface area contributed by atoms with Crippen LogP contribution in [0, 0.1) is 13.8 Å². The topological polar surface area (TPSA) is 55.8 Å². The number of sulfonamides is 1. The molecular weight excluding hydrogens is 302 g/mol. The fourth-order valence-corrected chi connectivity index (χ4v) is 4.70. The zero-order valence-electron chi connectivity index (χ0n) is 13.9. The second-order valence-electron chi connectivity index (χ2n) is 5.82. The smallest absolute Gasteiger partial charge is 0.243 e. The van der Waals surface area contributed by atoms with Gasteiger partial charge in [0.15, 0.2) is 0 Å². The zero-order chi connectivity index (χ0) is 16.5. The Hall–Kier alpha value is -1.11. The Bertz CT molecular complexity index is 632. The minimum atomic E-state index is -3.51. The van der Waals surface area contributed by atoms with Gasteiger partial charge in [-0.25, -0.2) is 8.42 Å². The summed E-state index contributed by atoms with van der Waals surface area (Å²) in [5.41, 5.74) is 1.62. The van der Waals surface area contributed by atoms with Crippen molar-refractivity contribution in [1.82, 2.24) is 4.31 Å². The Morgan fingerprint density at radius 3 is 2.32 bits per heavy atom. The molecule has 0 aromatic heterocycles. The SMILES string of the molecule is CCOc1ccc(S(=O)(=O)N2C[C@H](C)O[C@@H](C)C2)c(C)c1C. The van der Waals surface area contributed by atoms with Crippen LogP contribution in [0.25, 0.3) is 0 Å². The summed E-state index contributed by atoms with van der Waals surface area (Å²) in [6.07, 6.45) is -0.190. The third kappa shape index (κ3) is 3.29. The third-order valence-electron chi connectivity index (χ3n) is 3.99. The van der Waals surface area contributed by atoms with E-state index in [1.165, 1.54) is 4.31 Å². The summed E-state index contributed by atoms with van der Waals surface area (Å²) < 4.78 is 38.6. The number of hydrogen-bond acceptors (Lipinski definition) is 4. The van der Waals surface area contributed by atoms with Crippen molar-refractivity contribution in [2.75, 3.05) is 19.7 Å². The van der Waals surface area contributed by atoms with Crippen LogP contribution in [0.1, 0.15) is 31.9 Å². The molecule has 1 aliphatic rings. The molecule has 2 rings (SSSR count). The maximum Gasteiger partial charge on any atom is 0.243 e. The minimum Gasteiger partial charge on any atom is -0.494 e. The number of benzene rings is 1. The molecule has 1 aromatic carbocycles. The second-order valence-corrected chi connectivity index (χ2v) is 7.73. The van der Waals surface area contributed by atoms with Gasteiger partial charge in [0.2, 0.25) is 10.0 Å². The van der Waals surface area contributed by atoms with Crippen LogP contribution in [0.5, 0.6) is 5.75 Å². The molecular formula is C16H25NO4S. The summed E-state index contributed by atoms with van der Waals surface area (Å²) in [6.45, 7) is 10.8. The number of morpholine rings is 1. The lowest BCUT2D eigenvalue weighted by Crippen LogP contribution is -2.48. The van der Waals surface area contributed by atoms with Crippen LogP contribution in [0.2, 0.25) is 0 Å². The molecule has 0 N–H and O–H groups in total. The van der Waals surface area contributed by atoms with Crippen molar-refractivity contribution in [2.45, 2.75) is 51.7 Å². The molecule has 0 spiro atoms. The first kappa shape index (κ1) is 17.2. The minimum absolute atomic E-state index is 0.0948. The molecule has 22 heavy (non-hydrogen) atoms. The average Bonchev–Trinajstić information content (AvgIpc) is 2.43. The van der Waals surface area contributed by atoms with Crippen LogP contribution in [0.4, 0.5) is 0 Å². The quantitative estimate of drug-likeness (QED) is 0.852. The highest BCUT2D eigenvalue weighted by molar-refractivity contribution is 7.89. The van der Waals surface area contributed by atoms with Gasteiger partial charge >= 0.3 is 0 Å². The molecule has 0 saturated carbocycles. The van der Waals surface area contributed by atoms with Crippen LogP contribution in [0.3, 0.4) is 0 Å². The second kappa shape index (κ2) is 6.56. The van der Waals surface area contributed by atoms with E-state index < -0.39 is 10.0 Å². The molecule has 1 aliphatic heterocycles. The van der Waals surface area contributed by atoms with E-state index in [4.69, 9.17) is 9.47 Å². The maximum atomic E-state index is 13.0. The van der Waals surface area contributed by atoms with E-state index in [1.54, 1.807) is 12.1 Å². The first-order chi connectivity index (χ1) is 10.3. The highest BCUT2D eigenvalue weighted by Gasteiger charge is 2.33. The van der Waals surface area contributed by atoms with Crippen LogP contribution in [-0.2, 0) is 14.8 Å². The van der Waals surface area contributed by atoms with E-state index in [1.807, 2.05) is 34.6 Å². The number of ether oxygens (including phenoxy) is 2. The molecule has 1 fully saturated rings. The van der Waals surface area contributed by atoms with E-state index in [-0.39, 0.29) is 12.2 Å². The largest absolute Gasteiger partial charge is 0.494 e. The van der Waals surface area contributed by atoms with Gasteiger partial charge in [-0.1, -0.05) is 0 Å². The lowest BCUT2D eigenvalue weighted by atomic mass is 10.1. The van der Waals surface area contributed by atoms with Gasteiger partial charge < -0.3 is 9.47 Å². The van der Waals surface area contributed by atoms with Gasteiger partial charge in [-0.05, 0) is 57.9 Å². The predicted octanol–water partition coefficient (Wildman–Crippen LogP) is 2.50. The number of hydrogen-bond donors (Lipinski definition) is 0. The van der Waals surface area contributed by atoms with Gasteiger partial charge in [-0.3, -0.25) is 0 Å². The molecule has 1 saturated heterocycles. The van der Waals surface area contributed by atoms with Crippen LogP contribution in [-0.4, -0.2) is 44.6 Å². The maximum absolute atomic E-state index is 13.0. The fourth-order valence-electron chi connectivity index (χ4n) is 2.83. The van der Waals surface area contributed by atoms with E-state index >= 15 is 0 Å². The van der Waals surface area contributed by atoms with Gasteiger partial charge in [0.25, 0.3) is 0 Å². The summed E-state index contributed by atoms with van der Waals surface area (Å²) in [4.78, 5) is 0.356. The molecule has 2 atom stereocenters. The van der Waals surface area contributed by atoms with Crippen LogP contribution >= 0.6 is 0 Å². The van der Waals surface area contributed by atoms with Gasteiger partial charge in [-0.2, -0.15) is 4.31 Å². The van der Waals surface area contributed by atoms with Gasteiger partial charge in [0.05, 0.1) is 23.7 Å². The number of nitrogens with zero attached hydrogens (tertiary/aromatic N) is 1. The summed E-state index contributed by atoms with van der Waals surface area (Å²) >= 11 is 0. The van der Waals surface area contributed by atoms with E-state index in [0.717, 1.165) is 16.9 Å². The molecule has 6 heteroatoms. The Morgan fingerprint density at radius 2 is 1.77 bits per heavy atom. The summed E-state index contributed by atoms with van der Waals surface area (Å²) in [5, 5.41) is 0. The summed E-state index contributed by atoms with van der Waals surface area (Å²) in [6, 6.07) is 3.39. The number of rotatable bonds is 4. The van der Waals surface area contributed by atoms with Crippen molar-refractivity contribution in [1.29, 1.82) is 0 Å². The average molecular weight is 327 g/mol. The third-order valence-corrected chi connectivity index (χ3v) is 5.97. The zero-order valence-corrected chi connectivity index (χ0v) is 14.7. The monoisotopic (exact) mass is 327 g/mol. The summed E-state index contributed by atoms with van der Waals surface area (Å²) in [7, 11) is -3.51. The predicted molar refractivity (Wildman–Crippen MR) is 85.9 cm³/mol. The van der Waals surface area contributed by atoms with Crippen molar-refractivity contribution in [3.8, 4) is 5.75 Å². The highest BCUT2D eigenvalue weighted by atomic mass is 32.2. The van der Waals surface area contributed by atoms with Crippen molar-refractivity contribution in [2.24, 2.45) is 0 Å². The molecule has 1 heterocycles. The Kier molecular flexibility index (Phi) is 5.14. The van der Waals surface area contributed by atoms with Crippen molar-refractivity contribution in [3.05, 3.63) is 23.3 Å². The van der Waals surface area contributed by atoms with E-state index in [0.29, 0.717) is 24.6 Å². The Labute approximate surface area is 133 Å². The highest BCUT2D eigenvalue weighted by Crippen LogP contribution is 2.30. The molecule has 0 bridgehead atoms. The first-order valence-electron chi connectivity index (χ1n) is 7.66. The van der Waals surface area contributed by atoms with E-state index in [2.05, 4.69) is 0 Å². The van der Waals surface area contributed by atoms with Crippen molar-refractivity contribution >= 4 is 10.0 Å². The molecule has 5 nitrogen and oxygen atoms in total. The lowest BCUT2D eigenvalue weighted by Gasteiger charge is -2.34. The Balaban J connectivity index is 2.39. The lowest BCUT2D eigenvalue weighted by molar-refractivity contribution is -0.0440. The van der Waals surface area contributed by atoms with Crippen LogP contribution < -0.4 is 4.74 Å². The summed E-state index contributed by atoms with van der Waals surface area (Å²) in [5.74, 6) is 0.739. The first-order valence-corrected chi connectivity index (χ1v) is 9.10. The van der Waals surface area contributed by atoms with E-state index in [9.17, 15) is 8.42 Å². The molecule has 0 aliphatic carbocycles. The van der Waals surface area contributed by atoms with Gasteiger partial charge in [0.1, 0.15) is 5.75 Å². The van der Waals surface area contributed by atoms with Gasteiger partial charge in [0, 0.05) is 13.1 Å². The van der Waals surface area contributed by atoms with Gasteiger partial charge in [-0.15, -0.1) is 0 Å². The molecule has 1 aromatic rings. The van der Waals surface area contributed by atoms with Crippen molar-refractivity contribution in [3.63, 3.8) is 0 Å². The molecule has 0 radical (unpaired) electrons. The van der Waals surface area contributed by atoms with Crippen LogP contribution in [0.15, 0.2) is 17.0 Å².